The Morgan fingerprint density at radius 1 is 1.28 bits per heavy atom. The van der Waals surface area contributed by atoms with Gasteiger partial charge < -0.3 is 13.9 Å². The van der Waals surface area contributed by atoms with E-state index in [-0.39, 0.29) is 23.2 Å². The first-order valence-electron chi connectivity index (χ1n) is 10.4. The first-order chi connectivity index (χ1) is 14.7. The minimum absolute atomic E-state index is 0.0572. The largest absolute Gasteiger partial charge is 0.408 e. The highest BCUT2D eigenvalue weighted by atomic mass is 35.5. The summed E-state index contributed by atoms with van der Waals surface area (Å²) in [6, 6.07) is 1.21. The second-order valence-electron chi connectivity index (χ2n) is 9.34. The SMILES string of the molecule is CO[C@@H]1C(O[Si](C)(C)C(C)(C)C)[C@@H](CNS(=O)(=O)CCCCl)O[C@H]1n1ccc(=O)[nH]c1=O. The molecular weight excluding hydrogens is 478 g/mol. The van der Waals surface area contributed by atoms with E-state index in [9.17, 15) is 18.0 Å². The number of methoxy groups -OCH3 is 1. The molecule has 1 aromatic rings. The van der Waals surface area contributed by atoms with Gasteiger partial charge in [0.15, 0.2) is 14.5 Å². The lowest BCUT2D eigenvalue weighted by Gasteiger charge is -2.40. The summed E-state index contributed by atoms with van der Waals surface area (Å²) in [5.74, 6) is 0.133. The molecule has 0 spiro atoms. The minimum Gasteiger partial charge on any atom is -0.408 e. The monoisotopic (exact) mass is 511 g/mol. The molecule has 32 heavy (non-hydrogen) atoms. The van der Waals surface area contributed by atoms with E-state index in [1.165, 1.54) is 23.9 Å². The van der Waals surface area contributed by atoms with E-state index in [1.807, 2.05) is 0 Å². The van der Waals surface area contributed by atoms with Crippen molar-refractivity contribution in [1.29, 1.82) is 0 Å². The maximum atomic E-state index is 12.4. The van der Waals surface area contributed by atoms with Gasteiger partial charge in [-0.3, -0.25) is 14.3 Å². The van der Waals surface area contributed by atoms with E-state index in [0.29, 0.717) is 6.42 Å². The van der Waals surface area contributed by atoms with Crippen molar-refractivity contribution < 1.29 is 22.3 Å². The Kier molecular flexibility index (Phi) is 8.93. The van der Waals surface area contributed by atoms with Crippen molar-refractivity contribution in [1.82, 2.24) is 14.3 Å². The van der Waals surface area contributed by atoms with Gasteiger partial charge in [0.05, 0.1) is 5.75 Å². The number of nitrogens with zero attached hydrogens (tertiary/aromatic N) is 1. The molecule has 0 aliphatic carbocycles. The number of rotatable bonds is 10. The Hall–Kier alpha value is -1.02. The van der Waals surface area contributed by atoms with Gasteiger partial charge in [-0.15, -0.1) is 11.6 Å². The van der Waals surface area contributed by atoms with Crippen molar-refractivity contribution in [2.24, 2.45) is 0 Å². The predicted molar refractivity (Wildman–Crippen MR) is 125 cm³/mol. The van der Waals surface area contributed by atoms with Crippen LogP contribution in [0.25, 0.3) is 0 Å². The van der Waals surface area contributed by atoms with Crippen LogP contribution in [0, 0.1) is 0 Å². The molecule has 1 aliphatic rings. The third-order valence-electron chi connectivity index (χ3n) is 5.97. The van der Waals surface area contributed by atoms with E-state index in [2.05, 4.69) is 43.6 Å². The zero-order chi connectivity index (χ0) is 24.3. The van der Waals surface area contributed by atoms with Crippen LogP contribution in [0.15, 0.2) is 21.9 Å². The third kappa shape index (κ3) is 6.52. The molecule has 1 fully saturated rings. The average molecular weight is 512 g/mol. The maximum absolute atomic E-state index is 12.4. The number of hydrogen-bond donors (Lipinski definition) is 2. The number of sulfonamides is 1. The van der Waals surface area contributed by atoms with Gasteiger partial charge in [-0.1, -0.05) is 20.8 Å². The van der Waals surface area contributed by atoms with Crippen molar-refractivity contribution in [2.45, 2.75) is 69.9 Å². The van der Waals surface area contributed by atoms with Crippen LogP contribution in [0.3, 0.4) is 0 Å². The number of aromatic nitrogens is 2. The molecular formula is C19H34ClN3O7SSi. The fourth-order valence-corrected chi connectivity index (χ4v) is 5.86. The van der Waals surface area contributed by atoms with Crippen LogP contribution in [0.2, 0.25) is 18.1 Å². The molecule has 184 valence electrons. The van der Waals surface area contributed by atoms with Crippen LogP contribution in [-0.4, -0.2) is 69.9 Å². The Labute approximate surface area is 194 Å². The Bertz CT molecular complexity index is 990. The van der Waals surface area contributed by atoms with Crippen LogP contribution in [0.5, 0.6) is 0 Å². The normalized spacial score (nSPS) is 24.7. The van der Waals surface area contributed by atoms with Crippen molar-refractivity contribution in [3.8, 4) is 0 Å². The fourth-order valence-electron chi connectivity index (χ4n) is 3.16. The predicted octanol–water partition coefficient (Wildman–Crippen LogP) is 1.39. The molecule has 2 heterocycles. The first-order valence-corrected chi connectivity index (χ1v) is 15.5. The van der Waals surface area contributed by atoms with Crippen molar-refractivity contribution >= 4 is 29.9 Å². The Morgan fingerprint density at radius 2 is 1.94 bits per heavy atom. The van der Waals surface area contributed by atoms with Crippen LogP contribution < -0.4 is 16.0 Å². The number of ether oxygens (including phenoxy) is 2. The summed E-state index contributed by atoms with van der Waals surface area (Å²) in [5, 5.41) is -0.122. The summed E-state index contributed by atoms with van der Waals surface area (Å²) in [5.41, 5.74) is -1.19. The van der Waals surface area contributed by atoms with Crippen LogP contribution in [-0.2, 0) is 23.9 Å². The highest BCUT2D eigenvalue weighted by molar-refractivity contribution is 7.89. The number of nitrogens with one attached hydrogen (secondary N) is 2. The molecule has 0 amide bonds. The van der Waals surface area contributed by atoms with Gasteiger partial charge in [-0.2, -0.15) is 0 Å². The molecule has 1 aliphatic heterocycles. The van der Waals surface area contributed by atoms with Crippen molar-refractivity contribution in [3.63, 3.8) is 0 Å². The molecule has 1 aromatic heterocycles. The summed E-state index contributed by atoms with van der Waals surface area (Å²) in [6.45, 7) is 10.3. The van der Waals surface area contributed by atoms with Gasteiger partial charge in [0.2, 0.25) is 10.0 Å². The van der Waals surface area contributed by atoms with Gasteiger partial charge in [-0.05, 0) is 24.6 Å². The van der Waals surface area contributed by atoms with Gasteiger partial charge in [0, 0.05) is 31.8 Å². The summed E-state index contributed by atoms with van der Waals surface area (Å²) >= 11 is 5.62. The summed E-state index contributed by atoms with van der Waals surface area (Å²) in [4.78, 5) is 26.1. The fraction of sp³-hybridized carbons (Fsp3) is 0.789. The molecule has 13 heteroatoms. The van der Waals surface area contributed by atoms with Crippen LogP contribution in [0.1, 0.15) is 33.4 Å². The zero-order valence-electron chi connectivity index (χ0n) is 19.4. The topological polar surface area (TPSA) is 129 Å². The van der Waals surface area contributed by atoms with Gasteiger partial charge in [-0.25, -0.2) is 17.9 Å². The standard InChI is InChI=1S/C19H34ClN3O7SSi/c1-19(2,3)32(5,6)30-15-13(12-21-31(26,27)11-7-9-20)29-17(16(15)28-4)23-10-8-14(24)22-18(23)25/h8,10,13,15-17,21H,7,9,11-12H2,1-6H3,(H,22,24,25)/t13-,15?,16-,17-/m1/s1. The highest BCUT2D eigenvalue weighted by Crippen LogP contribution is 2.41. The second-order valence-corrected chi connectivity index (χ2v) is 16.4. The molecule has 0 radical (unpaired) electrons. The van der Waals surface area contributed by atoms with Gasteiger partial charge >= 0.3 is 5.69 Å². The Morgan fingerprint density at radius 3 is 2.47 bits per heavy atom. The van der Waals surface area contributed by atoms with Crippen LogP contribution >= 0.6 is 11.6 Å². The number of H-pyrrole nitrogens is 1. The van der Waals surface area contributed by atoms with Crippen molar-refractivity contribution in [2.75, 3.05) is 25.3 Å². The molecule has 1 unspecified atom stereocenters. The number of halogens is 1. The molecule has 2 rings (SSSR count). The number of hydrogen-bond acceptors (Lipinski definition) is 7. The quantitative estimate of drug-likeness (QED) is 0.358. The average Bonchev–Trinajstić information content (AvgIpc) is 3.00. The number of alkyl halides is 1. The van der Waals surface area contributed by atoms with Gasteiger partial charge in [0.1, 0.15) is 18.3 Å². The maximum Gasteiger partial charge on any atom is 0.330 e. The molecule has 0 saturated carbocycles. The smallest absolute Gasteiger partial charge is 0.330 e. The molecule has 0 bridgehead atoms. The molecule has 2 N–H and O–H groups in total. The van der Waals surface area contributed by atoms with E-state index >= 15 is 0 Å². The second kappa shape index (κ2) is 10.5. The van der Waals surface area contributed by atoms with Gasteiger partial charge in [0.25, 0.3) is 5.56 Å². The lowest BCUT2D eigenvalue weighted by Crippen LogP contribution is -2.51. The summed E-state index contributed by atoms with van der Waals surface area (Å²) in [6.07, 6.45) is -1.32. The highest BCUT2D eigenvalue weighted by Gasteiger charge is 2.51. The molecule has 1 saturated heterocycles. The van der Waals surface area contributed by atoms with Crippen LogP contribution in [0.4, 0.5) is 0 Å². The molecule has 4 atom stereocenters. The zero-order valence-corrected chi connectivity index (χ0v) is 22.0. The van der Waals surface area contributed by atoms with E-state index in [4.69, 9.17) is 25.5 Å². The Balaban J connectivity index is 2.38. The molecule has 0 aromatic carbocycles. The third-order valence-corrected chi connectivity index (χ3v) is 12.1. The van der Waals surface area contributed by atoms with E-state index in [1.54, 1.807) is 0 Å². The lowest BCUT2D eigenvalue weighted by atomic mass is 10.1. The first kappa shape index (κ1) is 27.2. The minimum atomic E-state index is -3.56. The molecule has 10 nitrogen and oxygen atoms in total. The summed E-state index contributed by atoms with van der Waals surface area (Å²) in [7, 11) is -4.40. The van der Waals surface area contributed by atoms with E-state index < -0.39 is 54.1 Å². The lowest BCUT2D eigenvalue weighted by molar-refractivity contribution is -0.0526. The summed E-state index contributed by atoms with van der Waals surface area (Å²) < 4.78 is 46.8. The van der Waals surface area contributed by atoms with E-state index in [0.717, 1.165) is 0 Å². The van der Waals surface area contributed by atoms with Crippen molar-refractivity contribution in [3.05, 3.63) is 33.1 Å². The number of aromatic amines is 1.